The topological polar surface area (TPSA) is 93.9 Å². The van der Waals surface area contributed by atoms with Crippen molar-refractivity contribution in [3.63, 3.8) is 0 Å². The maximum absolute atomic E-state index is 13.5. The molecule has 4 rings (SSSR count). The fourth-order valence-corrected chi connectivity index (χ4v) is 2.87. The maximum atomic E-state index is 13.5. The van der Waals surface area contributed by atoms with Crippen LogP contribution in [-0.2, 0) is 10.9 Å². The Morgan fingerprint density at radius 2 is 1.87 bits per heavy atom. The number of ether oxygens (including phenoxy) is 1. The molecule has 0 radical (unpaired) electrons. The van der Waals surface area contributed by atoms with Crippen LogP contribution in [0.25, 0.3) is 34.0 Å². The number of rotatable bonds is 4. The Labute approximate surface area is 167 Å². The Bertz CT molecular complexity index is 1180. The Morgan fingerprint density at radius 1 is 1.10 bits per heavy atom. The van der Waals surface area contributed by atoms with E-state index in [0.717, 1.165) is 0 Å². The van der Waals surface area contributed by atoms with Crippen molar-refractivity contribution in [2.75, 3.05) is 7.11 Å². The van der Waals surface area contributed by atoms with E-state index in [4.69, 9.17) is 0 Å². The second kappa shape index (κ2) is 7.47. The molecule has 0 spiro atoms. The number of imidazole rings is 1. The molecule has 1 N–H and O–H groups in total. The van der Waals surface area contributed by atoms with Gasteiger partial charge in [0, 0.05) is 18.0 Å². The molecular formula is C20H13F3N4O3. The summed E-state index contributed by atoms with van der Waals surface area (Å²) < 4.78 is 49.8. The van der Waals surface area contributed by atoms with Crippen molar-refractivity contribution in [1.82, 2.24) is 20.1 Å². The lowest BCUT2D eigenvalue weighted by Gasteiger charge is -2.04. The third-order valence-electron chi connectivity index (χ3n) is 4.26. The van der Waals surface area contributed by atoms with Crippen molar-refractivity contribution < 1.29 is 27.2 Å². The number of methoxy groups -OCH3 is 1. The smallest absolute Gasteiger partial charge is 0.453 e. The molecule has 0 saturated heterocycles. The third-order valence-corrected chi connectivity index (χ3v) is 4.26. The Kier molecular flexibility index (Phi) is 4.82. The molecule has 30 heavy (non-hydrogen) atoms. The van der Waals surface area contributed by atoms with Crippen molar-refractivity contribution in [3.8, 4) is 34.0 Å². The van der Waals surface area contributed by atoms with Gasteiger partial charge in [0.05, 0.1) is 23.9 Å². The van der Waals surface area contributed by atoms with Crippen LogP contribution in [0.4, 0.5) is 13.2 Å². The average molecular weight is 414 g/mol. The summed E-state index contributed by atoms with van der Waals surface area (Å²) in [4.78, 5) is 22.7. The highest BCUT2D eigenvalue weighted by molar-refractivity contribution is 5.89. The number of benzene rings is 1. The van der Waals surface area contributed by atoms with Crippen molar-refractivity contribution in [3.05, 3.63) is 66.2 Å². The first-order valence-electron chi connectivity index (χ1n) is 8.61. The SMILES string of the molecule is COC(=O)c1ccc(-c2nc(-c3c(-c4ccccc4)noc3C(F)(F)F)c[nH]2)nc1. The van der Waals surface area contributed by atoms with Crippen LogP contribution in [0.3, 0.4) is 0 Å². The summed E-state index contributed by atoms with van der Waals surface area (Å²) >= 11 is 0. The molecule has 0 aliphatic rings. The second-order valence-electron chi connectivity index (χ2n) is 6.16. The molecule has 0 aliphatic carbocycles. The van der Waals surface area contributed by atoms with Crippen LogP contribution in [-0.4, -0.2) is 33.2 Å². The Balaban J connectivity index is 1.78. The Hall–Kier alpha value is -3.95. The first kappa shape index (κ1) is 19.4. The summed E-state index contributed by atoms with van der Waals surface area (Å²) in [7, 11) is 1.25. The van der Waals surface area contributed by atoms with Crippen molar-refractivity contribution >= 4 is 5.97 Å². The van der Waals surface area contributed by atoms with Gasteiger partial charge in [-0.3, -0.25) is 4.98 Å². The summed E-state index contributed by atoms with van der Waals surface area (Å²) in [5.74, 6) is -1.58. The van der Waals surface area contributed by atoms with Gasteiger partial charge in [-0.15, -0.1) is 0 Å². The van der Waals surface area contributed by atoms with E-state index >= 15 is 0 Å². The number of halogens is 3. The van der Waals surface area contributed by atoms with Gasteiger partial charge in [0.25, 0.3) is 0 Å². The summed E-state index contributed by atoms with van der Waals surface area (Å²) in [5, 5.41) is 3.64. The van der Waals surface area contributed by atoms with E-state index in [1.807, 2.05) is 0 Å². The predicted octanol–water partition coefficient (Wildman–Crippen LogP) is 4.60. The van der Waals surface area contributed by atoms with Gasteiger partial charge in [0.15, 0.2) is 5.82 Å². The van der Waals surface area contributed by atoms with Crippen molar-refractivity contribution in [1.29, 1.82) is 0 Å². The molecule has 0 amide bonds. The van der Waals surface area contributed by atoms with Crippen LogP contribution in [0, 0.1) is 0 Å². The van der Waals surface area contributed by atoms with Gasteiger partial charge in [-0.2, -0.15) is 13.2 Å². The maximum Gasteiger partial charge on any atom is 0.453 e. The summed E-state index contributed by atoms with van der Waals surface area (Å²) in [6.07, 6.45) is -2.15. The lowest BCUT2D eigenvalue weighted by Crippen LogP contribution is -2.05. The minimum absolute atomic E-state index is 0.00345. The van der Waals surface area contributed by atoms with E-state index in [-0.39, 0.29) is 28.3 Å². The monoisotopic (exact) mass is 414 g/mol. The summed E-state index contributed by atoms with van der Waals surface area (Å²) in [6, 6.07) is 11.3. The molecule has 4 aromatic rings. The number of carbonyl (C=O) groups excluding carboxylic acids is 1. The minimum Gasteiger partial charge on any atom is -0.465 e. The normalized spacial score (nSPS) is 11.5. The van der Waals surface area contributed by atoms with E-state index in [9.17, 15) is 18.0 Å². The van der Waals surface area contributed by atoms with Crippen LogP contribution in [0.1, 0.15) is 16.1 Å². The van der Waals surface area contributed by atoms with E-state index in [2.05, 4.69) is 29.4 Å². The number of aromatic amines is 1. The molecule has 0 bridgehead atoms. The fourth-order valence-electron chi connectivity index (χ4n) is 2.87. The number of nitrogens with zero attached hydrogens (tertiary/aromatic N) is 3. The minimum atomic E-state index is -4.76. The number of aromatic nitrogens is 4. The fraction of sp³-hybridized carbons (Fsp3) is 0.100. The number of H-pyrrole nitrogens is 1. The van der Waals surface area contributed by atoms with Gasteiger partial charge in [0.2, 0.25) is 5.76 Å². The molecular weight excluding hydrogens is 401 g/mol. The molecule has 0 aliphatic heterocycles. The molecule has 10 heteroatoms. The average Bonchev–Trinajstić information content (AvgIpc) is 3.41. The zero-order chi connectivity index (χ0) is 21.3. The first-order valence-corrected chi connectivity index (χ1v) is 8.61. The number of hydrogen-bond acceptors (Lipinski definition) is 6. The highest BCUT2D eigenvalue weighted by Crippen LogP contribution is 2.42. The number of alkyl halides is 3. The number of nitrogens with one attached hydrogen (secondary N) is 1. The van der Waals surface area contributed by atoms with Crippen LogP contribution in [0.15, 0.2) is 59.4 Å². The number of carbonyl (C=O) groups is 1. The molecule has 0 unspecified atom stereocenters. The Morgan fingerprint density at radius 3 is 2.50 bits per heavy atom. The summed E-state index contributed by atoms with van der Waals surface area (Å²) in [5.41, 5.74) is 0.767. The van der Waals surface area contributed by atoms with E-state index in [1.54, 1.807) is 30.3 Å². The molecule has 1 aromatic carbocycles. The van der Waals surface area contributed by atoms with Crippen LogP contribution in [0.2, 0.25) is 0 Å². The van der Waals surface area contributed by atoms with E-state index < -0.39 is 17.9 Å². The van der Waals surface area contributed by atoms with Crippen molar-refractivity contribution in [2.45, 2.75) is 6.18 Å². The third kappa shape index (κ3) is 3.54. The standard InChI is InChI=1S/C20H13F3N4O3/c1-29-19(28)12-7-8-13(24-9-12)18-25-10-14(26-18)15-16(11-5-3-2-4-6-11)27-30-17(15)20(21,22)23/h2-10H,1H3,(H,25,26). The van der Waals surface area contributed by atoms with Crippen LogP contribution < -0.4 is 0 Å². The molecule has 0 fully saturated rings. The summed E-state index contributed by atoms with van der Waals surface area (Å²) in [6.45, 7) is 0. The highest BCUT2D eigenvalue weighted by atomic mass is 19.4. The van der Waals surface area contributed by atoms with Crippen LogP contribution in [0.5, 0.6) is 0 Å². The number of hydrogen-bond donors (Lipinski definition) is 1. The molecule has 7 nitrogen and oxygen atoms in total. The predicted molar refractivity (Wildman–Crippen MR) is 99.1 cm³/mol. The molecule has 152 valence electrons. The van der Waals surface area contributed by atoms with Gasteiger partial charge in [0.1, 0.15) is 11.4 Å². The first-order chi connectivity index (χ1) is 14.4. The zero-order valence-corrected chi connectivity index (χ0v) is 15.4. The van der Waals surface area contributed by atoms with Crippen molar-refractivity contribution in [2.24, 2.45) is 0 Å². The molecule has 3 aromatic heterocycles. The van der Waals surface area contributed by atoms with Crippen LogP contribution >= 0.6 is 0 Å². The van der Waals surface area contributed by atoms with E-state index in [0.29, 0.717) is 11.3 Å². The molecule has 0 atom stereocenters. The van der Waals surface area contributed by atoms with Gasteiger partial charge >= 0.3 is 12.1 Å². The number of pyridine rings is 1. The highest BCUT2D eigenvalue weighted by Gasteiger charge is 2.41. The second-order valence-corrected chi connectivity index (χ2v) is 6.16. The lowest BCUT2D eigenvalue weighted by atomic mass is 10.0. The largest absolute Gasteiger partial charge is 0.465 e. The molecule has 3 heterocycles. The lowest BCUT2D eigenvalue weighted by molar-refractivity contribution is -0.154. The quantitative estimate of drug-likeness (QED) is 0.491. The zero-order valence-electron chi connectivity index (χ0n) is 15.4. The molecule has 0 saturated carbocycles. The van der Waals surface area contributed by atoms with Gasteiger partial charge < -0.3 is 14.2 Å². The number of esters is 1. The van der Waals surface area contributed by atoms with Gasteiger partial charge in [-0.1, -0.05) is 35.5 Å². The van der Waals surface area contributed by atoms with Gasteiger partial charge in [-0.05, 0) is 12.1 Å². The van der Waals surface area contributed by atoms with Gasteiger partial charge in [-0.25, -0.2) is 9.78 Å². The van der Waals surface area contributed by atoms with E-state index in [1.165, 1.54) is 31.6 Å².